The van der Waals surface area contributed by atoms with Crippen LogP contribution in [0.25, 0.3) is 0 Å². The van der Waals surface area contributed by atoms with Gasteiger partial charge in [0.15, 0.2) is 5.78 Å². The third-order valence-electron chi connectivity index (χ3n) is 4.16. The van der Waals surface area contributed by atoms with Crippen molar-refractivity contribution in [1.29, 1.82) is 0 Å². The zero-order valence-electron chi connectivity index (χ0n) is 13.7. The first kappa shape index (κ1) is 17.0. The summed E-state index contributed by atoms with van der Waals surface area (Å²) in [6, 6.07) is 8.07. The summed E-state index contributed by atoms with van der Waals surface area (Å²) < 4.78 is 18.3. The SMILES string of the molecule is CN(C(=O)Nc1ncccc1C(=O)c1ccc(F)cc1)C1CCOC1. The van der Waals surface area contributed by atoms with Gasteiger partial charge in [-0.15, -0.1) is 0 Å². The largest absolute Gasteiger partial charge is 0.379 e. The number of ketones is 1. The molecule has 2 amide bonds. The number of urea groups is 1. The van der Waals surface area contributed by atoms with E-state index in [0.29, 0.717) is 18.8 Å². The molecule has 0 radical (unpaired) electrons. The lowest BCUT2D eigenvalue weighted by atomic mass is 10.0. The quantitative estimate of drug-likeness (QED) is 0.867. The molecule has 25 heavy (non-hydrogen) atoms. The van der Waals surface area contributed by atoms with Gasteiger partial charge in [0.2, 0.25) is 0 Å². The van der Waals surface area contributed by atoms with E-state index in [0.717, 1.165) is 6.42 Å². The minimum Gasteiger partial charge on any atom is -0.379 e. The third-order valence-corrected chi connectivity index (χ3v) is 4.16. The summed E-state index contributed by atoms with van der Waals surface area (Å²) in [6.07, 6.45) is 2.27. The van der Waals surface area contributed by atoms with E-state index < -0.39 is 5.82 Å². The van der Waals surface area contributed by atoms with Crippen LogP contribution in [-0.2, 0) is 4.74 Å². The molecule has 1 N–H and O–H groups in total. The fraction of sp³-hybridized carbons (Fsp3) is 0.278. The first-order valence-electron chi connectivity index (χ1n) is 7.93. The van der Waals surface area contributed by atoms with Crippen LogP contribution < -0.4 is 5.32 Å². The lowest BCUT2D eigenvalue weighted by Gasteiger charge is -2.23. The maximum Gasteiger partial charge on any atom is 0.323 e. The predicted molar refractivity (Wildman–Crippen MR) is 90.1 cm³/mol. The summed E-state index contributed by atoms with van der Waals surface area (Å²) in [5.74, 6) is -0.584. The van der Waals surface area contributed by atoms with Crippen LogP contribution in [-0.4, -0.2) is 48.0 Å². The summed E-state index contributed by atoms with van der Waals surface area (Å²) in [5.41, 5.74) is 0.570. The second-order valence-electron chi connectivity index (χ2n) is 5.79. The minimum atomic E-state index is -0.420. The van der Waals surface area contributed by atoms with Gasteiger partial charge in [-0.25, -0.2) is 14.2 Å². The molecule has 0 spiro atoms. The summed E-state index contributed by atoms with van der Waals surface area (Å²) in [5, 5.41) is 2.67. The van der Waals surface area contributed by atoms with E-state index in [9.17, 15) is 14.0 Å². The molecule has 1 unspecified atom stereocenters. The van der Waals surface area contributed by atoms with Crippen molar-refractivity contribution in [3.63, 3.8) is 0 Å². The Morgan fingerprint density at radius 3 is 2.72 bits per heavy atom. The van der Waals surface area contributed by atoms with Gasteiger partial charge in [0.05, 0.1) is 18.2 Å². The van der Waals surface area contributed by atoms with Crippen LogP contribution in [0.5, 0.6) is 0 Å². The third kappa shape index (κ3) is 3.83. The Bertz CT molecular complexity index is 773. The van der Waals surface area contributed by atoms with E-state index in [-0.39, 0.29) is 29.2 Å². The number of nitrogens with zero attached hydrogens (tertiary/aromatic N) is 2. The number of carbonyl (C=O) groups excluding carboxylic acids is 2. The molecule has 1 aliphatic heterocycles. The molecule has 130 valence electrons. The monoisotopic (exact) mass is 343 g/mol. The number of nitrogens with one attached hydrogen (secondary N) is 1. The van der Waals surface area contributed by atoms with E-state index >= 15 is 0 Å². The van der Waals surface area contributed by atoms with Crippen LogP contribution in [0.1, 0.15) is 22.3 Å². The number of hydrogen-bond donors (Lipinski definition) is 1. The Kier molecular flexibility index (Phi) is 5.04. The van der Waals surface area contributed by atoms with Gasteiger partial charge in [-0.2, -0.15) is 0 Å². The van der Waals surface area contributed by atoms with Gasteiger partial charge in [-0.3, -0.25) is 10.1 Å². The standard InChI is InChI=1S/C18H18FN3O3/c1-22(14-8-10-25-11-14)18(24)21-17-15(3-2-9-20-17)16(23)12-4-6-13(19)7-5-12/h2-7,9,14H,8,10-11H2,1H3,(H,20,21,24). The van der Waals surface area contributed by atoms with E-state index in [4.69, 9.17) is 4.74 Å². The highest BCUT2D eigenvalue weighted by Gasteiger charge is 2.25. The van der Waals surface area contributed by atoms with Crippen LogP contribution >= 0.6 is 0 Å². The average molecular weight is 343 g/mol. The zero-order valence-corrected chi connectivity index (χ0v) is 13.7. The molecular formula is C18H18FN3O3. The van der Waals surface area contributed by atoms with E-state index in [1.54, 1.807) is 24.1 Å². The second kappa shape index (κ2) is 7.40. The lowest BCUT2D eigenvalue weighted by Crippen LogP contribution is -2.40. The van der Waals surface area contributed by atoms with Crippen molar-refractivity contribution in [2.45, 2.75) is 12.5 Å². The molecule has 2 heterocycles. The fourth-order valence-corrected chi connectivity index (χ4v) is 2.63. The smallest absolute Gasteiger partial charge is 0.323 e. The van der Waals surface area contributed by atoms with Crippen molar-refractivity contribution in [2.24, 2.45) is 0 Å². The summed E-state index contributed by atoms with van der Waals surface area (Å²) in [7, 11) is 1.68. The number of pyridine rings is 1. The molecular weight excluding hydrogens is 325 g/mol. The van der Waals surface area contributed by atoms with Crippen molar-refractivity contribution in [3.05, 3.63) is 59.5 Å². The highest BCUT2D eigenvalue weighted by molar-refractivity contribution is 6.13. The van der Waals surface area contributed by atoms with Gasteiger partial charge < -0.3 is 9.64 Å². The summed E-state index contributed by atoms with van der Waals surface area (Å²) in [6.45, 7) is 1.12. The number of rotatable bonds is 4. The molecule has 7 heteroatoms. The molecule has 0 aliphatic carbocycles. The van der Waals surface area contributed by atoms with Crippen LogP contribution in [0.3, 0.4) is 0 Å². The maximum absolute atomic E-state index is 13.0. The Labute approximate surface area is 144 Å². The van der Waals surface area contributed by atoms with Gasteiger partial charge in [0.25, 0.3) is 0 Å². The maximum atomic E-state index is 13.0. The number of amides is 2. The van der Waals surface area contributed by atoms with E-state index in [1.807, 2.05) is 0 Å². The van der Waals surface area contributed by atoms with Crippen LogP contribution in [0.15, 0.2) is 42.6 Å². The first-order valence-corrected chi connectivity index (χ1v) is 7.93. The molecule has 0 bridgehead atoms. The molecule has 3 rings (SSSR count). The van der Waals surface area contributed by atoms with Crippen molar-refractivity contribution in [2.75, 3.05) is 25.6 Å². The van der Waals surface area contributed by atoms with Crippen molar-refractivity contribution >= 4 is 17.6 Å². The number of halogens is 1. The Morgan fingerprint density at radius 1 is 1.28 bits per heavy atom. The predicted octanol–water partition coefficient (Wildman–Crippen LogP) is 2.70. The fourth-order valence-electron chi connectivity index (χ4n) is 2.63. The van der Waals surface area contributed by atoms with Crippen molar-refractivity contribution < 1.29 is 18.7 Å². The zero-order chi connectivity index (χ0) is 17.8. The normalized spacial score (nSPS) is 16.5. The molecule has 0 saturated carbocycles. The van der Waals surface area contributed by atoms with Gasteiger partial charge in [0, 0.05) is 25.4 Å². The molecule has 6 nitrogen and oxygen atoms in total. The number of hydrogen-bond acceptors (Lipinski definition) is 4. The van der Waals surface area contributed by atoms with Crippen molar-refractivity contribution in [1.82, 2.24) is 9.88 Å². The summed E-state index contributed by atoms with van der Waals surface area (Å²) in [4.78, 5) is 30.7. The molecule has 1 atom stereocenters. The van der Waals surface area contributed by atoms with Gasteiger partial charge in [0.1, 0.15) is 11.6 Å². The highest BCUT2D eigenvalue weighted by atomic mass is 19.1. The number of ether oxygens (including phenoxy) is 1. The van der Waals surface area contributed by atoms with Gasteiger partial charge in [-0.05, 0) is 42.8 Å². The van der Waals surface area contributed by atoms with Crippen LogP contribution in [0, 0.1) is 5.82 Å². The van der Waals surface area contributed by atoms with Crippen LogP contribution in [0.2, 0.25) is 0 Å². The number of likely N-dealkylation sites (N-methyl/N-ethyl adjacent to an activating group) is 1. The lowest BCUT2D eigenvalue weighted by molar-refractivity contribution is 0.103. The summed E-state index contributed by atoms with van der Waals surface area (Å²) >= 11 is 0. The Balaban J connectivity index is 1.79. The molecule has 2 aromatic rings. The Hall–Kier alpha value is -2.80. The molecule has 1 fully saturated rings. The average Bonchev–Trinajstić information content (AvgIpc) is 3.16. The van der Waals surface area contributed by atoms with E-state index in [2.05, 4.69) is 10.3 Å². The molecule has 1 aromatic carbocycles. The molecule has 1 saturated heterocycles. The second-order valence-corrected chi connectivity index (χ2v) is 5.79. The minimum absolute atomic E-state index is 0.0000349. The molecule has 1 aliphatic rings. The number of carbonyl (C=O) groups is 2. The number of benzene rings is 1. The number of anilines is 1. The number of aromatic nitrogens is 1. The topological polar surface area (TPSA) is 71.5 Å². The molecule has 1 aromatic heterocycles. The first-order chi connectivity index (χ1) is 12.1. The van der Waals surface area contributed by atoms with Crippen LogP contribution in [0.4, 0.5) is 15.0 Å². The highest BCUT2D eigenvalue weighted by Crippen LogP contribution is 2.19. The van der Waals surface area contributed by atoms with Gasteiger partial charge in [-0.1, -0.05) is 0 Å². The van der Waals surface area contributed by atoms with Crippen molar-refractivity contribution in [3.8, 4) is 0 Å². The Morgan fingerprint density at radius 2 is 2.04 bits per heavy atom. The van der Waals surface area contributed by atoms with E-state index in [1.165, 1.54) is 30.5 Å². The van der Waals surface area contributed by atoms with Gasteiger partial charge >= 0.3 is 6.03 Å².